The largest absolute Gasteiger partial charge is 0.486 e. The molecule has 4 aromatic rings. The molecule has 0 aliphatic rings. The summed E-state index contributed by atoms with van der Waals surface area (Å²) in [6.07, 6.45) is 0. The maximum absolute atomic E-state index is 11.2. The van der Waals surface area contributed by atoms with E-state index in [0.717, 1.165) is 22.4 Å². The Bertz CT molecular complexity index is 1190. The number of amides is 1. The first-order valence-corrected chi connectivity index (χ1v) is 9.67. The quantitative estimate of drug-likeness (QED) is 0.468. The number of hydrogen-bond donors (Lipinski definition) is 1. The highest BCUT2D eigenvalue weighted by Gasteiger charge is 2.13. The normalized spacial score (nSPS) is 11.0. The standard InChI is InChI=1S/C22H17Cl2N3O2/c23-16-7-10-18(24)15(11-16)12-27-20-4-2-1-3-19(20)26-21(27)13-29-17-8-5-14(6-9-17)22(25)28/h1-11H,12-13H2,(H2,25,28). The van der Waals surface area contributed by atoms with Crippen LogP contribution in [0.5, 0.6) is 5.75 Å². The predicted molar refractivity (Wildman–Crippen MR) is 115 cm³/mol. The molecule has 0 atom stereocenters. The molecule has 0 aliphatic carbocycles. The van der Waals surface area contributed by atoms with Crippen molar-refractivity contribution in [3.8, 4) is 5.75 Å². The first kappa shape index (κ1) is 19.3. The fourth-order valence-electron chi connectivity index (χ4n) is 3.11. The Labute approximate surface area is 177 Å². The third-order valence-electron chi connectivity index (χ3n) is 4.58. The zero-order chi connectivity index (χ0) is 20.4. The van der Waals surface area contributed by atoms with Gasteiger partial charge in [0.05, 0.1) is 17.6 Å². The lowest BCUT2D eigenvalue weighted by atomic mass is 10.2. The number of rotatable bonds is 6. The molecule has 4 rings (SSSR count). The van der Waals surface area contributed by atoms with Crippen molar-refractivity contribution in [2.75, 3.05) is 0 Å². The second-order valence-corrected chi connectivity index (χ2v) is 7.36. The number of ether oxygens (including phenoxy) is 1. The number of benzene rings is 3. The average Bonchev–Trinajstić information content (AvgIpc) is 3.07. The summed E-state index contributed by atoms with van der Waals surface area (Å²) in [7, 11) is 0. The van der Waals surface area contributed by atoms with Crippen LogP contribution in [0, 0.1) is 0 Å². The summed E-state index contributed by atoms with van der Waals surface area (Å²) in [5.74, 6) is 0.896. The van der Waals surface area contributed by atoms with Crippen LogP contribution >= 0.6 is 23.2 Å². The van der Waals surface area contributed by atoms with Crippen LogP contribution in [-0.2, 0) is 13.2 Å². The summed E-state index contributed by atoms with van der Waals surface area (Å²) in [5.41, 5.74) is 8.45. The van der Waals surface area contributed by atoms with Crippen molar-refractivity contribution in [1.82, 2.24) is 9.55 Å². The molecule has 1 aromatic heterocycles. The van der Waals surface area contributed by atoms with Crippen molar-refractivity contribution < 1.29 is 9.53 Å². The van der Waals surface area contributed by atoms with Gasteiger partial charge >= 0.3 is 0 Å². The van der Waals surface area contributed by atoms with Crippen LogP contribution in [0.4, 0.5) is 0 Å². The number of nitrogens with zero attached hydrogens (tertiary/aromatic N) is 2. The lowest BCUT2D eigenvalue weighted by Gasteiger charge is -2.12. The van der Waals surface area contributed by atoms with Crippen LogP contribution in [0.25, 0.3) is 11.0 Å². The van der Waals surface area contributed by atoms with Gasteiger partial charge in [-0.25, -0.2) is 4.98 Å². The Hall–Kier alpha value is -3.02. The van der Waals surface area contributed by atoms with E-state index < -0.39 is 5.91 Å². The minimum absolute atomic E-state index is 0.253. The smallest absolute Gasteiger partial charge is 0.248 e. The Kier molecular flexibility index (Phi) is 5.43. The van der Waals surface area contributed by atoms with E-state index >= 15 is 0 Å². The van der Waals surface area contributed by atoms with Gasteiger partial charge in [-0.05, 0) is 60.2 Å². The molecule has 1 heterocycles. The Morgan fingerprint density at radius 3 is 2.55 bits per heavy atom. The first-order chi connectivity index (χ1) is 14.0. The summed E-state index contributed by atoms with van der Waals surface area (Å²) in [4.78, 5) is 15.9. The highest BCUT2D eigenvalue weighted by atomic mass is 35.5. The van der Waals surface area contributed by atoms with Gasteiger partial charge in [0.1, 0.15) is 18.2 Å². The molecule has 0 saturated carbocycles. The van der Waals surface area contributed by atoms with Crippen LogP contribution in [0.3, 0.4) is 0 Å². The Morgan fingerprint density at radius 2 is 1.79 bits per heavy atom. The van der Waals surface area contributed by atoms with Crippen molar-refractivity contribution in [2.45, 2.75) is 13.2 Å². The molecule has 0 unspecified atom stereocenters. The molecule has 1 amide bonds. The third-order valence-corrected chi connectivity index (χ3v) is 5.18. The summed E-state index contributed by atoms with van der Waals surface area (Å²) in [6, 6.07) is 20.0. The maximum atomic E-state index is 11.2. The van der Waals surface area contributed by atoms with E-state index in [1.165, 1.54) is 0 Å². The fourth-order valence-corrected chi connectivity index (χ4v) is 3.48. The lowest BCUT2D eigenvalue weighted by Crippen LogP contribution is -2.11. The molecule has 0 saturated heterocycles. The molecule has 0 aliphatic heterocycles. The number of imidazole rings is 1. The lowest BCUT2D eigenvalue weighted by molar-refractivity contribution is 0.1000. The molecule has 0 bridgehead atoms. The van der Waals surface area contributed by atoms with Crippen molar-refractivity contribution in [3.05, 3.63) is 93.7 Å². The van der Waals surface area contributed by atoms with E-state index in [9.17, 15) is 4.79 Å². The monoisotopic (exact) mass is 425 g/mol. The molecule has 29 heavy (non-hydrogen) atoms. The van der Waals surface area contributed by atoms with Crippen LogP contribution < -0.4 is 10.5 Å². The number of halogens is 2. The SMILES string of the molecule is NC(=O)c1ccc(OCc2nc3ccccc3n2Cc2cc(Cl)ccc2Cl)cc1. The van der Waals surface area contributed by atoms with Gasteiger partial charge in [-0.15, -0.1) is 0 Å². The number of para-hydroxylation sites is 2. The maximum Gasteiger partial charge on any atom is 0.248 e. The first-order valence-electron chi connectivity index (χ1n) is 8.92. The van der Waals surface area contributed by atoms with E-state index in [4.69, 9.17) is 38.7 Å². The zero-order valence-corrected chi connectivity index (χ0v) is 16.8. The molecule has 0 spiro atoms. The number of carbonyl (C=O) groups is 1. The van der Waals surface area contributed by atoms with E-state index in [-0.39, 0.29) is 6.61 Å². The number of aromatic nitrogens is 2. The van der Waals surface area contributed by atoms with Crippen molar-refractivity contribution in [3.63, 3.8) is 0 Å². The molecule has 5 nitrogen and oxygen atoms in total. The topological polar surface area (TPSA) is 70.1 Å². The van der Waals surface area contributed by atoms with Crippen LogP contribution in [0.2, 0.25) is 10.0 Å². The number of hydrogen-bond acceptors (Lipinski definition) is 3. The van der Waals surface area contributed by atoms with Gasteiger partial charge in [0.2, 0.25) is 5.91 Å². The molecular weight excluding hydrogens is 409 g/mol. The van der Waals surface area contributed by atoms with Gasteiger partial charge in [-0.2, -0.15) is 0 Å². The molecule has 3 aromatic carbocycles. The summed E-state index contributed by atoms with van der Waals surface area (Å²) >= 11 is 12.5. The van der Waals surface area contributed by atoms with Gasteiger partial charge in [-0.1, -0.05) is 35.3 Å². The van der Waals surface area contributed by atoms with Gasteiger partial charge < -0.3 is 15.0 Å². The van der Waals surface area contributed by atoms with Crippen molar-refractivity contribution >= 4 is 40.1 Å². The minimum Gasteiger partial charge on any atom is -0.486 e. The second-order valence-electron chi connectivity index (χ2n) is 6.52. The number of fused-ring (bicyclic) bond motifs is 1. The fraction of sp³-hybridized carbons (Fsp3) is 0.0909. The molecule has 7 heteroatoms. The third kappa shape index (κ3) is 4.21. The van der Waals surface area contributed by atoms with Crippen LogP contribution in [0.1, 0.15) is 21.7 Å². The molecule has 0 radical (unpaired) electrons. The van der Waals surface area contributed by atoms with E-state index in [1.807, 2.05) is 30.3 Å². The Morgan fingerprint density at radius 1 is 1.03 bits per heavy atom. The van der Waals surface area contributed by atoms with E-state index in [0.29, 0.717) is 27.9 Å². The average molecular weight is 426 g/mol. The van der Waals surface area contributed by atoms with E-state index in [1.54, 1.807) is 36.4 Å². The zero-order valence-electron chi connectivity index (χ0n) is 15.3. The second kappa shape index (κ2) is 8.15. The highest BCUT2D eigenvalue weighted by Crippen LogP contribution is 2.25. The summed E-state index contributed by atoms with van der Waals surface area (Å²) in [6.45, 7) is 0.766. The van der Waals surface area contributed by atoms with Crippen LogP contribution in [0.15, 0.2) is 66.7 Å². The van der Waals surface area contributed by atoms with Gasteiger partial charge in [0.15, 0.2) is 0 Å². The van der Waals surface area contributed by atoms with Gasteiger partial charge in [0.25, 0.3) is 0 Å². The summed E-state index contributed by atoms with van der Waals surface area (Å²) < 4.78 is 7.95. The molecule has 146 valence electrons. The van der Waals surface area contributed by atoms with Crippen LogP contribution in [-0.4, -0.2) is 15.5 Å². The van der Waals surface area contributed by atoms with Gasteiger partial charge in [0, 0.05) is 15.6 Å². The molecular formula is C22H17Cl2N3O2. The highest BCUT2D eigenvalue weighted by molar-refractivity contribution is 6.33. The number of nitrogens with two attached hydrogens (primary N) is 1. The van der Waals surface area contributed by atoms with Crippen molar-refractivity contribution in [1.29, 1.82) is 0 Å². The molecule has 2 N–H and O–H groups in total. The van der Waals surface area contributed by atoms with E-state index in [2.05, 4.69) is 4.57 Å². The summed E-state index contributed by atoms with van der Waals surface area (Å²) in [5, 5.41) is 1.27. The number of primary amides is 1. The van der Waals surface area contributed by atoms with Crippen molar-refractivity contribution in [2.24, 2.45) is 5.73 Å². The minimum atomic E-state index is -0.475. The van der Waals surface area contributed by atoms with Gasteiger partial charge in [-0.3, -0.25) is 4.79 Å². The predicted octanol–water partition coefficient (Wildman–Crippen LogP) is 5.07. The Balaban J connectivity index is 1.64. The number of carbonyl (C=O) groups excluding carboxylic acids is 1. The molecule has 0 fully saturated rings.